The number of β-amino-alcohol motifs (C(OH)–C–C–N with tert-alkyl or cyclic N) is 1. The highest BCUT2D eigenvalue weighted by Gasteiger charge is 2.32. The summed E-state index contributed by atoms with van der Waals surface area (Å²) in [5.74, 6) is 0.591. The van der Waals surface area contributed by atoms with Gasteiger partial charge in [0.15, 0.2) is 0 Å². The van der Waals surface area contributed by atoms with E-state index in [2.05, 4.69) is 28.2 Å². The molecule has 0 saturated carbocycles. The molecule has 2 atom stereocenters. The van der Waals surface area contributed by atoms with Gasteiger partial charge in [-0.3, -0.25) is 4.79 Å². The van der Waals surface area contributed by atoms with E-state index in [1.807, 2.05) is 5.38 Å². The normalized spacial score (nSPS) is 21.6. The summed E-state index contributed by atoms with van der Waals surface area (Å²) in [6, 6.07) is 2.07. The molecule has 0 spiro atoms. The fourth-order valence-electron chi connectivity index (χ4n) is 2.77. The second-order valence-electron chi connectivity index (χ2n) is 5.56. The van der Waals surface area contributed by atoms with Crippen molar-refractivity contribution in [3.8, 4) is 0 Å². The van der Waals surface area contributed by atoms with Crippen LogP contribution in [0.1, 0.15) is 22.8 Å². The predicted octanol–water partition coefficient (Wildman–Crippen LogP) is 1.23. The largest absolute Gasteiger partial charge is 0.391 e. The van der Waals surface area contributed by atoms with E-state index in [9.17, 15) is 9.90 Å². The predicted molar refractivity (Wildman–Crippen MR) is 90.5 cm³/mol. The van der Waals surface area contributed by atoms with Gasteiger partial charge in [0, 0.05) is 23.9 Å². The Kier molecular flexibility index (Phi) is 4.88. The number of anilines is 1. The van der Waals surface area contributed by atoms with Crippen LogP contribution in [0.2, 0.25) is 0 Å². The fraction of sp³-hybridized carbons (Fsp3) is 0.500. The molecule has 2 aromatic heterocycles. The van der Waals surface area contributed by atoms with E-state index < -0.39 is 6.10 Å². The second-order valence-corrected chi connectivity index (χ2v) is 7.45. The quantitative estimate of drug-likeness (QED) is 0.714. The summed E-state index contributed by atoms with van der Waals surface area (Å²) in [5, 5.41) is 19.4. The fourth-order valence-corrected chi connectivity index (χ4v) is 4.60. The van der Waals surface area contributed by atoms with Gasteiger partial charge < -0.3 is 15.7 Å². The lowest BCUT2D eigenvalue weighted by molar-refractivity contribution is -0.131. The summed E-state index contributed by atoms with van der Waals surface area (Å²) in [5.41, 5.74) is 6.67. The zero-order valence-electron chi connectivity index (χ0n) is 12.7. The number of hydrogen-bond acceptors (Lipinski definition) is 7. The van der Waals surface area contributed by atoms with Crippen molar-refractivity contribution in [3.05, 3.63) is 21.9 Å². The Labute approximate surface area is 142 Å². The minimum atomic E-state index is -0.519. The van der Waals surface area contributed by atoms with Crippen LogP contribution in [-0.2, 0) is 4.79 Å². The molecule has 7 nitrogen and oxygen atoms in total. The minimum absolute atomic E-state index is 0.0150. The molecule has 23 heavy (non-hydrogen) atoms. The average Bonchev–Trinajstić information content (AvgIpc) is 3.13. The third kappa shape index (κ3) is 3.67. The van der Waals surface area contributed by atoms with Gasteiger partial charge in [0.1, 0.15) is 0 Å². The number of amides is 1. The topological polar surface area (TPSA) is 108 Å². The zero-order valence-corrected chi connectivity index (χ0v) is 14.4. The smallest absolute Gasteiger partial charge is 0.233 e. The molecule has 0 bridgehead atoms. The van der Waals surface area contributed by atoms with Crippen molar-refractivity contribution < 1.29 is 9.90 Å². The zero-order chi connectivity index (χ0) is 16.4. The van der Waals surface area contributed by atoms with Crippen LogP contribution in [0.5, 0.6) is 0 Å². The first-order valence-electron chi connectivity index (χ1n) is 7.35. The van der Waals surface area contributed by atoms with Gasteiger partial charge in [-0.25, -0.2) is 5.10 Å². The number of thioether (sulfide) groups is 1. The summed E-state index contributed by atoms with van der Waals surface area (Å²) in [6.45, 7) is 3.10. The Hall–Kier alpha value is -1.58. The molecule has 1 aliphatic heterocycles. The van der Waals surface area contributed by atoms with Crippen molar-refractivity contribution >= 4 is 35.0 Å². The Morgan fingerprint density at radius 1 is 1.65 bits per heavy atom. The first kappa shape index (κ1) is 16.3. The van der Waals surface area contributed by atoms with Crippen molar-refractivity contribution in [2.45, 2.75) is 30.5 Å². The maximum Gasteiger partial charge on any atom is 0.233 e. The summed E-state index contributed by atoms with van der Waals surface area (Å²) in [7, 11) is 0. The molecule has 2 aromatic rings. The van der Waals surface area contributed by atoms with Crippen molar-refractivity contribution in [3.63, 3.8) is 0 Å². The highest BCUT2D eigenvalue weighted by Crippen LogP contribution is 2.34. The van der Waals surface area contributed by atoms with Crippen molar-refractivity contribution in [1.82, 2.24) is 20.1 Å². The number of piperidine rings is 1. The third-order valence-electron chi connectivity index (χ3n) is 3.98. The Balaban J connectivity index is 1.54. The van der Waals surface area contributed by atoms with Crippen molar-refractivity contribution in [1.29, 1.82) is 0 Å². The minimum Gasteiger partial charge on any atom is -0.391 e. The number of rotatable bonds is 4. The molecule has 124 valence electrons. The summed E-state index contributed by atoms with van der Waals surface area (Å²) < 4.78 is 0. The number of aryl methyl sites for hydroxylation is 1. The van der Waals surface area contributed by atoms with Gasteiger partial charge in [-0.15, -0.1) is 16.4 Å². The maximum absolute atomic E-state index is 12.3. The van der Waals surface area contributed by atoms with E-state index in [1.165, 1.54) is 22.2 Å². The summed E-state index contributed by atoms with van der Waals surface area (Å²) in [6.07, 6.45) is 0.265. The highest BCUT2D eigenvalue weighted by atomic mass is 32.2. The molecule has 3 rings (SSSR count). The first-order chi connectivity index (χ1) is 11.0. The van der Waals surface area contributed by atoms with Gasteiger partial charge in [-0.2, -0.15) is 4.98 Å². The first-order valence-corrected chi connectivity index (χ1v) is 9.21. The standard InChI is InChI=1S/C14H19N5O2S2/c1-8-3-5-22-12(8)9-2-4-19(6-10(9)20)11(21)7-23-14-16-13(15)17-18-14/h3,5,9-10,20H,2,4,6-7H2,1H3,(H3,15,16,17,18). The number of nitrogens with zero attached hydrogens (tertiary/aromatic N) is 3. The molecule has 1 amide bonds. The van der Waals surface area contributed by atoms with Gasteiger partial charge in [0.05, 0.1) is 11.9 Å². The Morgan fingerprint density at radius 2 is 2.48 bits per heavy atom. The molecule has 0 aromatic carbocycles. The average molecular weight is 353 g/mol. The van der Waals surface area contributed by atoms with Gasteiger partial charge in [-0.1, -0.05) is 11.8 Å². The van der Waals surface area contributed by atoms with Gasteiger partial charge in [-0.05, 0) is 30.4 Å². The van der Waals surface area contributed by atoms with E-state index in [-0.39, 0.29) is 23.5 Å². The van der Waals surface area contributed by atoms with E-state index in [0.717, 1.165) is 6.42 Å². The molecule has 4 N–H and O–H groups in total. The summed E-state index contributed by atoms with van der Waals surface area (Å²) >= 11 is 2.92. The number of carbonyl (C=O) groups excluding carboxylic acids is 1. The highest BCUT2D eigenvalue weighted by molar-refractivity contribution is 7.99. The van der Waals surface area contributed by atoms with Crippen LogP contribution in [0.15, 0.2) is 16.6 Å². The number of aromatic nitrogens is 3. The van der Waals surface area contributed by atoms with Crippen LogP contribution in [-0.4, -0.2) is 56.0 Å². The number of aliphatic hydroxyl groups is 1. The van der Waals surface area contributed by atoms with Crippen LogP contribution in [0.4, 0.5) is 5.95 Å². The Morgan fingerprint density at radius 3 is 3.09 bits per heavy atom. The Bertz CT molecular complexity index is 686. The second kappa shape index (κ2) is 6.90. The maximum atomic E-state index is 12.3. The van der Waals surface area contributed by atoms with Gasteiger partial charge in [0.2, 0.25) is 17.0 Å². The van der Waals surface area contributed by atoms with Crippen LogP contribution in [0.3, 0.4) is 0 Å². The molecule has 0 radical (unpaired) electrons. The van der Waals surface area contributed by atoms with Crippen LogP contribution in [0, 0.1) is 6.92 Å². The van der Waals surface area contributed by atoms with E-state index in [4.69, 9.17) is 5.73 Å². The monoisotopic (exact) mass is 353 g/mol. The van der Waals surface area contributed by atoms with Crippen LogP contribution in [0.25, 0.3) is 0 Å². The molecule has 0 aliphatic carbocycles. The van der Waals surface area contributed by atoms with E-state index in [1.54, 1.807) is 16.2 Å². The molecular formula is C14H19N5O2S2. The summed E-state index contributed by atoms with van der Waals surface area (Å²) in [4.78, 5) is 19.2. The number of aliphatic hydroxyl groups excluding tert-OH is 1. The molecule has 9 heteroatoms. The molecule has 3 heterocycles. The SMILES string of the molecule is Cc1ccsc1C1CCN(C(=O)CSc2n[nH]c(N)n2)CC1O. The number of aromatic amines is 1. The lowest BCUT2D eigenvalue weighted by Crippen LogP contribution is -2.46. The number of thiophene rings is 1. The number of H-pyrrole nitrogens is 1. The van der Waals surface area contributed by atoms with Crippen LogP contribution < -0.4 is 5.73 Å². The number of carbonyl (C=O) groups is 1. The van der Waals surface area contributed by atoms with Gasteiger partial charge >= 0.3 is 0 Å². The lowest BCUT2D eigenvalue weighted by atomic mass is 9.91. The molecule has 1 saturated heterocycles. The lowest BCUT2D eigenvalue weighted by Gasteiger charge is -2.35. The number of nitrogens with two attached hydrogens (primary N) is 1. The number of likely N-dealkylation sites (tertiary alicyclic amines) is 1. The van der Waals surface area contributed by atoms with Crippen molar-refractivity contribution in [2.75, 3.05) is 24.6 Å². The molecule has 2 unspecified atom stereocenters. The third-order valence-corrected chi connectivity index (χ3v) is 5.96. The number of nitrogens with one attached hydrogen (secondary N) is 1. The molecule has 1 fully saturated rings. The molecular weight excluding hydrogens is 334 g/mol. The number of nitrogen functional groups attached to an aromatic ring is 1. The van der Waals surface area contributed by atoms with Crippen LogP contribution >= 0.6 is 23.1 Å². The number of hydrogen-bond donors (Lipinski definition) is 3. The van der Waals surface area contributed by atoms with Crippen molar-refractivity contribution in [2.24, 2.45) is 0 Å². The van der Waals surface area contributed by atoms with E-state index >= 15 is 0 Å². The molecule has 1 aliphatic rings. The van der Waals surface area contributed by atoms with Gasteiger partial charge in [0.25, 0.3) is 0 Å². The van der Waals surface area contributed by atoms with E-state index in [0.29, 0.717) is 18.2 Å².